The van der Waals surface area contributed by atoms with Gasteiger partial charge in [-0.25, -0.2) is 14.0 Å². The fourth-order valence-electron chi connectivity index (χ4n) is 2.16. The van der Waals surface area contributed by atoms with Gasteiger partial charge in [0.2, 0.25) is 0 Å². The number of carbonyl (C=O) groups is 2. The molecule has 0 aliphatic carbocycles. The molecule has 0 atom stereocenters. The van der Waals surface area contributed by atoms with E-state index < -0.39 is 30.0 Å². The van der Waals surface area contributed by atoms with Gasteiger partial charge in [-0.15, -0.1) is 0 Å². The second-order valence-electron chi connectivity index (χ2n) is 5.22. The SMILES string of the molecule is O=C(COc1ccc2ccc(=O)oc2c1)NC(=O)Nc1ccccc1F. The smallest absolute Gasteiger partial charge is 0.336 e. The predicted octanol–water partition coefficient (Wildman–Crippen LogP) is 2.66. The number of fused-ring (bicyclic) bond motifs is 1. The van der Waals surface area contributed by atoms with Gasteiger partial charge in [-0.3, -0.25) is 10.1 Å². The van der Waals surface area contributed by atoms with Gasteiger partial charge in [-0.1, -0.05) is 12.1 Å². The first-order chi connectivity index (χ1) is 12.5. The highest BCUT2D eigenvalue weighted by molar-refractivity contribution is 6.01. The van der Waals surface area contributed by atoms with E-state index in [-0.39, 0.29) is 11.4 Å². The summed E-state index contributed by atoms with van der Waals surface area (Å²) in [6.07, 6.45) is 0. The molecule has 26 heavy (non-hydrogen) atoms. The van der Waals surface area contributed by atoms with Gasteiger partial charge in [0.05, 0.1) is 5.69 Å². The molecule has 3 rings (SSSR count). The van der Waals surface area contributed by atoms with Gasteiger partial charge in [0.25, 0.3) is 5.91 Å². The van der Waals surface area contributed by atoms with E-state index >= 15 is 0 Å². The number of halogens is 1. The number of nitrogens with one attached hydrogen (secondary N) is 2. The molecule has 8 heteroatoms. The van der Waals surface area contributed by atoms with Crippen LogP contribution in [0.4, 0.5) is 14.9 Å². The predicted molar refractivity (Wildman–Crippen MR) is 91.5 cm³/mol. The minimum Gasteiger partial charge on any atom is -0.484 e. The fourth-order valence-corrected chi connectivity index (χ4v) is 2.16. The van der Waals surface area contributed by atoms with Crippen LogP contribution in [-0.2, 0) is 4.79 Å². The van der Waals surface area contributed by atoms with Gasteiger partial charge < -0.3 is 14.5 Å². The Morgan fingerprint density at radius 2 is 1.85 bits per heavy atom. The summed E-state index contributed by atoms with van der Waals surface area (Å²) in [5.41, 5.74) is -0.242. The lowest BCUT2D eigenvalue weighted by molar-refractivity contribution is -0.121. The van der Waals surface area contributed by atoms with Crippen molar-refractivity contribution in [2.45, 2.75) is 0 Å². The van der Waals surface area contributed by atoms with Crippen molar-refractivity contribution in [2.75, 3.05) is 11.9 Å². The maximum absolute atomic E-state index is 13.4. The molecule has 1 aromatic heterocycles. The first kappa shape index (κ1) is 17.2. The molecule has 7 nitrogen and oxygen atoms in total. The molecule has 132 valence electrons. The molecule has 0 saturated heterocycles. The number of urea groups is 1. The molecule has 2 N–H and O–H groups in total. The van der Waals surface area contributed by atoms with Crippen molar-refractivity contribution in [2.24, 2.45) is 0 Å². The van der Waals surface area contributed by atoms with Gasteiger partial charge >= 0.3 is 11.7 Å². The molecule has 0 saturated carbocycles. The summed E-state index contributed by atoms with van der Waals surface area (Å²) in [6, 6.07) is 12.3. The van der Waals surface area contributed by atoms with E-state index in [9.17, 15) is 18.8 Å². The average molecular weight is 356 g/mol. The summed E-state index contributed by atoms with van der Waals surface area (Å²) in [5.74, 6) is -1.06. The minimum atomic E-state index is -0.881. The summed E-state index contributed by atoms with van der Waals surface area (Å²) in [6.45, 7) is -0.451. The molecule has 0 radical (unpaired) electrons. The van der Waals surface area contributed by atoms with E-state index in [1.54, 1.807) is 24.3 Å². The van der Waals surface area contributed by atoms with Gasteiger partial charge in [0, 0.05) is 17.5 Å². The summed E-state index contributed by atoms with van der Waals surface area (Å²) >= 11 is 0. The standard InChI is InChI=1S/C18H13FN2O5/c19-13-3-1-2-4-14(13)20-18(24)21-16(22)10-25-12-7-5-11-6-8-17(23)26-15(11)9-12/h1-9H,10H2,(H2,20,21,22,24). The molecular weight excluding hydrogens is 343 g/mol. The topological polar surface area (TPSA) is 97.6 Å². The second kappa shape index (κ2) is 7.47. The zero-order valence-electron chi connectivity index (χ0n) is 13.3. The number of benzene rings is 2. The van der Waals surface area contributed by atoms with E-state index in [0.717, 1.165) is 0 Å². The number of amides is 3. The van der Waals surface area contributed by atoms with Gasteiger partial charge in [0.15, 0.2) is 6.61 Å². The highest BCUT2D eigenvalue weighted by Gasteiger charge is 2.11. The number of anilines is 1. The third-order valence-corrected chi connectivity index (χ3v) is 3.34. The lowest BCUT2D eigenvalue weighted by Crippen LogP contribution is -2.37. The van der Waals surface area contributed by atoms with E-state index in [1.165, 1.54) is 30.3 Å². The molecule has 0 aliphatic heterocycles. The quantitative estimate of drug-likeness (QED) is 0.701. The second-order valence-corrected chi connectivity index (χ2v) is 5.22. The maximum atomic E-state index is 13.4. The number of ether oxygens (including phenoxy) is 1. The van der Waals surface area contributed by atoms with Crippen molar-refractivity contribution in [3.63, 3.8) is 0 Å². The maximum Gasteiger partial charge on any atom is 0.336 e. The molecule has 0 unspecified atom stereocenters. The molecule has 1 heterocycles. The van der Waals surface area contributed by atoms with Crippen molar-refractivity contribution in [1.82, 2.24) is 5.32 Å². The molecule has 0 bridgehead atoms. The largest absolute Gasteiger partial charge is 0.484 e. The Labute approximate surface area is 146 Å². The number of hydrogen-bond acceptors (Lipinski definition) is 5. The Bertz CT molecular complexity index is 1030. The Morgan fingerprint density at radius 1 is 1.08 bits per heavy atom. The van der Waals surface area contributed by atoms with E-state index in [4.69, 9.17) is 9.15 Å². The van der Waals surface area contributed by atoms with Gasteiger partial charge in [-0.05, 0) is 30.3 Å². The third-order valence-electron chi connectivity index (χ3n) is 3.34. The highest BCUT2D eigenvalue weighted by atomic mass is 19.1. The Morgan fingerprint density at radius 3 is 2.65 bits per heavy atom. The number of carbonyl (C=O) groups excluding carboxylic acids is 2. The van der Waals surface area contributed by atoms with Crippen molar-refractivity contribution >= 4 is 28.6 Å². The van der Waals surface area contributed by atoms with Crippen LogP contribution < -0.4 is 21.0 Å². The molecular formula is C18H13FN2O5. The van der Waals surface area contributed by atoms with Crippen molar-refractivity contribution in [1.29, 1.82) is 0 Å². The van der Waals surface area contributed by atoms with Crippen LogP contribution in [0.3, 0.4) is 0 Å². The first-order valence-corrected chi connectivity index (χ1v) is 7.53. The van der Waals surface area contributed by atoms with Crippen LogP contribution in [0, 0.1) is 5.82 Å². The number of rotatable bonds is 4. The van der Waals surface area contributed by atoms with Crippen LogP contribution in [0.25, 0.3) is 11.0 Å². The number of para-hydroxylation sites is 1. The van der Waals surface area contributed by atoms with Crippen molar-refractivity contribution in [3.05, 3.63) is 70.8 Å². The lowest BCUT2D eigenvalue weighted by Gasteiger charge is -2.09. The summed E-state index contributed by atoms with van der Waals surface area (Å²) < 4.78 is 23.7. The van der Waals surface area contributed by atoms with E-state index in [2.05, 4.69) is 5.32 Å². The van der Waals surface area contributed by atoms with Gasteiger partial charge in [-0.2, -0.15) is 0 Å². The van der Waals surface area contributed by atoms with E-state index in [1.807, 2.05) is 5.32 Å². The fraction of sp³-hybridized carbons (Fsp3) is 0.0556. The Hall–Kier alpha value is -3.68. The zero-order valence-corrected chi connectivity index (χ0v) is 13.3. The molecule has 2 aromatic carbocycles. The van der Waals surface area contributed by atoms with Crippen LogP contribution in [-0.4, -0.2) is 18.5 Å². The van der Waals surface area contributed by atoms with Crippen LogP contribution in [0.1, 0.15) is 0 Å². The molecule has 0 fully saturated rings. The molecule has 3 amide bonds. The van der Waals surface area contributed by atoms with Crippen LogP contribution >= 0.6 is 0 Å². The summed E-state index contributed by atoms with van der Waals surface area (Å²) in [4.78, 5) is 34.7. The molecule has 0 aliphatic rings. The van der Waals surface area contributed by atoms with Crippen LogP contribution in [0.2, 0.25) is 0 Å². The first-order valence-electron chi connectivity index (χ1n) is 7.53. The molecule has 3 aromatic rings. The van der Waals surface area contributed by atoms with Crippen LogP contribution in [0.15, 0.2) is 63.8 Å². The van der Waals surface area contributed by atoms with E-state index in [0.29, 0.717) is 11.0 Å². The zero-order chi connectivity index (χ0) is 18.5. The lowest BCUT2D eigenvalue weighted by atomic mass is 10.2. The van der Waals surface area contributed by atoms with Gasteiger partial charge in [0.1, 0.15) is 17.1 Å². The molecule has 0 spiro atoms. The Kier molecular flexibility index (Phi) is 4.93. The number of hydrogen-bond donors (Lipinski definition) is 2. The average Bonchev–Trinajstić information content (AvgIpc) is 2.61. The van der Waals surface area contributed by atoms with Crippen molar-refractivity contribution in [3.8, 4) is 5.75 Å². The normalized spacial score (nSPS) is 10.3. The third kappa shape index (κ3) is 4.23. The minimum absolute atomic E-state index is 0.0525. The number of imide groups is 1. The summed E-state index contributed by atoms with van der Waals surface area (Å²) in [5, 5.41) is 4.94. The van der Waals surface area contributed by atoms with Crippen LogP contribution in [0.5, 0.6) is 5.75 Å². The van der Waals surface area contributed by atoms with Crippen molar-refractivity contribution < 1.29 is 23.1 Å². The Balaban J connectivity index is 1.56. The summed E-state index contributed by atoms with van der Waals surface area (Å²) in [7, 11) is 0. The monoisotopic (exact) mass is 356 g/mol. The highest BCUT2D eigenvalue weighted by Crippen LogP contribution is 2.19.